The van der Waals surface area contributed by atoms with Gasteiger partial charge < -0.3 is 28.5 Å². The zero-order valence-corrected chi connectivity index (χ0v) is 16.2. The molecule has 8 nitrogen and oxygen atoms in total. The van der Waals surface area contributed by atoms with Crippen molar-refractivity contribution < 1.29 is 18.3 Å². The zero-order chi connectivity index (χ0) is 19.3. The van der Waals surface area contributed by atoms with Crippen LogP contribution >= 0.6 is 12.2 Å². The molecule has 0 fully saturated rings. The highest BCUT2D eigenvalue weighted by molar-refractivity contribution is 7.80. The van der Waals surface area contributed by atoms with E-state index < -0.39 is 0 Å². The lowest BCUT2D eigenvalue weighted by atomic mass is 10.2. The van der Waals surface area contributed by atoms with Crippen molar-refractivity contribution in [2.45, 2.75) is 26.4 Å². The molecule has 4 rings (SSSR count). The van der Waals surface area contributed by atoms with E-state index in [1.165, 1.54) is 0 Å². The van der Waals surface area contributed by atoms with Gasteiger partial charge in [0.15, 0.2) is 22.4 Å². The predicted octanol–water partition coefficient (Wildman–Crippen LogP) is 3.35. The average molecular weight is 400 g/mol. The van der Waals surface area contributed by atoms with Crippen LogP contribution in [0.2, 0.25) is 0 Å². The van der Waals surface area contributed by atoms with Crippen LogP contribution in [0.3, 0.4) is 0 Å². The molecule has 28 heavy (non-hydrogen) atoms. The van der Waals surface area contributed by atoms with Crippen molar-refractivity contribution >= 4 is 17.3 Å². The Kier molecular flexibility index (Phi) is 5.43. The molecular weight excluding hydrogens is 380 g/mol. The number of benzene rings is 1. The summed E-state index contributed by atoms with van der Waals surface area (Å²) in [7, 11) is 0. The summed E-state index contributed by atoms with van der Waals surface area (Å²) in [5.74, 6) is 2.90. The zero-order valence-electron chi connectivity index (χ0n) is 15.4. The maximum absolute atomic E-state index is 5.69. The lowest BCUT2D eigenvalue weighted by molar-refractivity contribution is 0.174. The monoisotopic (exact) mass is 400 g/mol. The van der Waals surface area contributed by atoms with Gasteiger partial charge >= 0.3 is 0 Å². The molecule has 1 aliphatic heterocycles. The molecule has 2 aromatic heterocycles. The molecule has 1 N–H and O–H groups in total. The van der Waals surface area contributed by atoms with Crippen molar-refractivity contribution in [3.63, 3.8) is 0 Å². The van der Waals surface area contributed by atoms with Crippen molar-refractivity contribution in [3.05, 3.63) is 48.0 Å². The second kappa shape index (κ2) is 8.30. The van der Waals surface area contributed by atoms with Crippen molar-refractivity contribution in [1.29, 1.82) is 0 Å². The normalized spacial score (nSPS) is 12.2. The second-order valence-electron chi connectivity index (χ2n) is 6.25. The van der Waals surface area contributed by atoms with Gasteiger partial charge in [-0.05, 0) is 48.5 Å². The van der Waals surface area contributed by atoms with Crippen LogP contribution in [-0.2, 0) is 13.1 Å². The van der Waals surface area contributed by atoms with E-state index in [1.54, 1.807) is 18.4 Å². The van der Waals surface area contributed by atoms with Crippen LogP contribution in [0.15, 0.2) is 45.4 Å². The molecule has 3 heterocycles. The lowest BCUT2D eigenvalue weighted by Gasteiger charge is -2.24. The van der Waals surface area contributed by atoms with Gasteiger partial charge in [0.25, 0.3) is 5.89 Å². The summed E-state index contributed by atoms with van der Waals surface area (Å²) in [6, 6.07) is 9.40. The highest BCUT2D eigenvalue weighted by atomic mass is 32.1. The van der Waals surface area contributed by atoms with Crippen molar-refractivity contribution in [2.75, 3.05) is 13.3 Å². The Morgan fingerprint density at radius 1 is 1.21 bits per heavy atom. The van der Waals surface area contributed by atoms with Crippen LogP contribution in [0.1, 0.15) is 24.8 Å². The van der Waals surface area contributed by atoms with Gasteiger partial charge in [-0.1, -0.05) is 13.0 Å². The summed E-state index contributed by atoms with van der Waals surface area (Å²) in [6.45, 7) is 4.13. The quantitative estimate of drug-likeness (QED) is 0.600. The Morgan fingerprint density at radius 3 is 2.93 bits per heavy atom. The molecule has 0 bridgehead atoms. The average Bonchev–Trinajstić information content (AvgIpc) is 3.46. The fraction of sp³-hybridized carbons (Fsp3) is 0.316. The molecule has 9 heteroatoms. The minimum absolute atomic E-state index is 0.263. The molecule has 3 aromatic rings. The molecule has 146 valence electrons. The Morgan fingerprint density at radius 2 is 2.11 bits per heavy atom. The topological polar surface area (TPSA) is 85.8 Å². The smallest absolute Gasteiger partial charge is 0.283 e. The number of thiocarbonyl (C=S) groups is 1. The van der Waals surface area contributed by atoms with E-state index in [0.29, 0.717) is 35.7 Å². The molecule has 1 aliphatic rings. The molecular formula is C19H20N4O4S. The molecule has 0 aliphatic carbocycles. The second-order valence-corrected chi connectivity index (χ2v) is 6.63. The number of rotatable bonds is 7. The van der Waals surface area contributed by atoms with Gasteiger partial charge in [-0.15, -0.1) is 10.2 Å². The molecule has 0 saturated heterocycles. The number of nitrogens with one attached hydrogen (secondary N) is 1. The van der Waals surface area contributed by atoms with Crippen LogP contribution in [0, 0.1) is 0 Å². The highest BCUT2D eigenvalue weighted by Crippen LogP contribution is 2.32. The number of hydrogen-bond acceptors (Lipinski definition) is 7. The van der Waals surface area contributed by atoms with Gasteiger partial charge in [-0.3, -0.25) is 0 Å². The SMILES string of the molecule is CCCN(Cc1nnc(-c2ccco2)o1)C(=S)NCc1ccc2c(c1)OCO2. The molecule has 0 atom stereocenters. The van der Waals surface area contributed by atoms with Crippen LogP contribution in [-0.4, -0.2) is 33.5 Å². The minimum Gasteiger partial charge on any atom is -0.459 e. The van der Waals surface area contributed by atoms with E-state index in [4.69, 9.17) is 30.5 Å². The number of aromatic nitrogens is 2. The Hall–Kier alpha value is -3.07. The van der Waals surface area contributed by atoms with Crippen LogP contribution < -0.4 is 14.8 Å². The van der Waals surface area contributed by atoms with Crippen molar-refractivity contribution in [2.24, 2.45) is 0 Å². The van der Waals surface area contributed by atoms with E-state index in [-0.39, 0.29) is 6.79 Å². The Bertz CT molecular complexity index is 941. The van der Waals surface area contributed by atoms with Crippen LogP contribution in [0.25, 0.3) is 11.7 Å². The van der Waals surface area contributed by atoms with Gasteiger partial charge in [-0.2, -0.15) is 0 Å². The third-order valence-corrected chi connectivity index (χ3v) is 4.59. The first-order chi connectivity index (χ1) is 13.7. The maximum atomic E-state index is 5.69. The van der Waals surface area contributed by atoms with E-state index in [1.807, 2.05) is 23.1 Å². The molecule has 0 unspecified atom stereocenters. The Labute approximate surface area is 167 Å². The Balaban J connectivity index is 1.37. The number of furan rings is 1. The minimum atomic E-state index is 0.263. The number of nitrogens with zero attached hydrogens (tertiary/aromatic N) is 3. The first kappa shape index (κ1) is 18.3. The first-order valence-electron chi connectivity index (χ1n) is 9.00. The van der Waals surface area contributed by atoms with Gasteiger partial charge in [0, 0.05) is 13.1 Å². The summed E-state index contributed by atoms with van der Waals surface area (Å²) >= 11 is 5.58. The summed E-state index contributed by atoms with van der Waals surface area (Å²) in [5.41, 5.74) is 1.06. The maximum Gasteiger partial charge on any atom is 0.283 e. The number of ether oxygens (including phenoxy) is 2. The molecule has 0 radical (unpaired) electrons. The van der Waals surface area contributed by atoms with Crippen molar-refractivity contribution in [1.82, 2.24) is 20.4 Å². The predicted molar refractivity (Wildman–Crippen MR) is 105 cm³/mol. The van der Waals surface area contributed by atoms with Gasteiger partial charge in [-0.25, -0.2) is 0 Å². The molecule has 0 spiro atoms. The van der Waals surface area contributed by atoms with Gasteiger partial charge in [0.1, 0.15) is 0 Å². The molecule has 0 amide bonds. The number of fused-ring (bicyclic) bond motifs is 1. The first-order valence-corrected chi connectivity index (χ1v) is 9.41. The van der Waals surface area contributed by atoms with E-state index >= 15 is 0 Å². The summed E-state index contributed by atoms with van der Waals surface area (Å²) < 4.78 is 21.7. The fourth-order valence-corrected chi connectivity index (χ4v) is 3.07. The standard InChI is InChI=1S/C19H20N4O4S/c1-2-7-23(11-17-21-22-18(27-17)15-4-3-8-24-15)19(28)20-10-13-5-6-14-16(9-13)26-12-25-14/h3-6,8-9H,2,7,10-12H2,1H3,(H,20,28). The third-order valence-electron chi connectivity index (χ3n) is 4.19. The van der Waals surface area contributed by atoms with E-state index in [9.17, 15) is 0 Å². The largest absolute Gasteiger partial charge is 0.459 e. The van der Waals surface area contributed by atoms with E-state index in [0.717, 1.165) is 30.0 Å². The summed E-state index contributed by atoms with van der Waals surface area (Å²) in [6.07, 6.45) is 2.50. The third kappa shape index (κ3) is 4.09. The van der Waals surface area contributed by atoms with E-state index in [2.05, 4.69) is 22.4 Å². The lowest BCUT2D eigenvalue weighted by Crippen LogP contribution is -2.39. The summed E-state index contributed by atoms with van der Waals surface area (Å²) in [5, 5.41) is 12.0. The highest BCUT2D eigenvalue weighted by Gasteiger charge is 2.17. The molecule has 0 saturated carbocycles. The number of hydrogen-bond donors (Lipinski definition) is 1. The van der Waals surface area contributed by atoms with Gasteiger partial charge in [0.2, 0.25) is 12.7 Å². The fourth-order valence-electron chi connectivity index (χ4n) is 2.84. The van der Waals surface area contributed by atoms with Crippen molar-refractivity contribution in [3.8, 4) is 23.1 Å². The summed E-state index contributed by atoms with van der Waals surface area (Å²) in [4.78, 5) is 2.00. The van der Waals surface area contributed by atoms with Gasteiger partial charge in [0.05, 0.1) is 12.8 Å². The van der Waals surface area contributed by atoms with Crippen LogP contribution in [0.4, 0.5) is 0 Å². The van der Waals surface area contributed by atoms with Crippen LogP contribution in [0.5, 0.6) is 11.5 Å². The molecule has 1 aromatic carbocycles.